The Morgan fingerprint density at radius 2 is 1.88 bits per heavy atom. The average molecular weight is 381 g/mol. The number of carboxylic acid groups (broad SMARTS) is 1. The monoisotopic (exact) mass is 381 g/mol. The van der Waals surface area contributed by atoms with Crippen molar-refractivity contribution in [1.82, 2.24) is 4.98 Å². The third-order valence-electron chi connectivity index (χ3n) is 3.70. The normalized spacial score (nSPS) is 13.2. The number of hydrogen-bond acceptors (Lipinski definition) is 2. The van der Waals surface area contributed by atoms with Crippen LogP contribution in [0.4, 0.5) is 18.9 Å². The smallest absolute Gasteiger partial charge is 0.416 e. The number of aromatic nitrogens is 1. The van der Waals surface area contributed by atoms with Gasteiger partial charge in [-0.3, -0.25) is 9.93 Å². The molecule has 1 atom stereocenters. The number of halogens is 3. The molecular formula is C17H14F3N3O2S. The second-order valence-electron chi connectivity index (χ2n) is 5.55. The third kappa shape index (κ3) is 3.94. The lowest BCUT2D eigenvalue weighted by Crippen LogP contribution is -2.06. The Labute approximate surface area is 148 Å². The zero-order valence-electron chi connectivity index (χ0n) is 13.2. The van der Waals surface area contributed by atoms with Gasteiger partial charge in [-0.25, -0.2) is 4.36 Å². The van der Waals surface area contributed by atoms with Gasteiger partial charge in [-0.15, -0.1) is 0 Å². The maximum atomic E-state index is 12.6. The second kappa shape index (κ2) is 6.93. The number of aromatic amines is 1. The predicted octanol–water partition coefficient (Wildman–Crippen LogP) is 4.18. The summed E-state index contributed by atoms with van der Waals surface area (Å²) in [5.74, 6) is -0.943. The molecule has 0 spiro atoms. The van der Waals surface area contributed by atoms with E-state index in [0.717, 1.165) is 17.6 Å². The second-order valence-corrected chi connectivity index (χ2v) is 6.84. The molecule has 0 saturated carbocycles. The summed E-state index contributed by atoms with van der Waals surface area (Å²) in [6.45, 7) is 0. The van der Waals surface area contributed by atoms with Crippen LogP contribution in [-0.4, -0.2) is 16.1 Å². The molecule has 3 aromatic rings. The van der Waals surface area contributed by atoms with Gasteiger partial charge in [0.1, 0.15) is 0 Å². The summed E-state index contributed by atoms with van der Waals surface area (Å²) in [5, 5.41) is 15.6. The number of alkyl halides is 3. The molecule has 0 aliphatic carbocycles. The number of rotatable bonds is 4. The number of carboxylic acids is 1. The minimum absolute atomic E-state index is 0.117. The minimum atomic E-state index is -4.40. The predicted molar refractivity (Wildman–Crippen MR) is 93.0 cm³/mol. The number of fused-ring (bicyclic) bond motifs is 1. The Morgan fingerprint density at radius 3 is 2.50 bits per heavy atom. The highest BCUT2D eigenvalue weighted by Gasteiger charge is 2.30. The van der Waals surface area contributed by atoms with E-state index in [1.54, 1.807) is 24.4 Å². The summed E-state index contributed by atoms with van der Waals surface area (Å²) in [5.41, 5.74) is 1.16. The van der Waals surface area contributed by atoms with Gasteiger partial charge in [-0.2, -0.15) is 13.2 Å². The number of H-pyrrole nitrogens is 1. The van der Waals surface area contributed by atoms with Crippen LogP contribution in [0.2, 0.25) is 0 Å². The van der Waals surface area contributed by atoms with E-state index >= 15 is 0 Å². The van der Waals surface area contributed by atoms with E-state index in [-0.39, 0.29) is 6.42 Å². The van der Waals surface area contributed by atoms with Crippen molar-refractivity contribution in [1.29, 1.82) is 0 Å². The van der Waals surface area contributed by atoms with Gasteiger partial charge < -0.3 is 10.1 Å². The molecule has 0 radical (unpaired) electrons. The lowest BCUT2D eigenvalue weighted by Gasteiger charge is -2.07. The number of nitrogens with one attached hydrogen (secondary N) is 1. The van der Waals surface area contributed by atoms with Crippen molar-refractivity contribution in [2.45, 2.75) is 17.5 Å². The Bertz CT molecular complexity index is 995. The van der Waals surface area contributed by atoms with E-state index < -0.39 is 28.6 Å². The Hall–Kier alpha value is -2.65. The molecule has 0 amide bonds. The van der Waals surface area contributed by atoms with E-state index in [0.29, 0.717) is 21.5 Å². The highest BCUT2D eigenvalue weighted by molar-refractivity contribution is 7.85. The van der Waals surface area contributed by atoms with E-state index in [1.807, 2.05) is 0 Å². The largest absolute Gasteiger partial charge is 0.481 e. The molecule has 5 nitrogen and oxygen atoms in total. The third-order valence-corrected chi connectivity index (χ3v) is 4.85. The topological polar surface area (TPSA) is 91.5 Å². The van der Waals surface area contributed by atoms with E-state index in [9.17, 15) is 18.0 Å². The number of nitrogens with two attached hydrogens (primary N) is 1. The molecule has 0 aliphatic rings. The molecule has 0 saturated heterocycles. The molecule has 9 heteroatoms. The number of benzene rings is 2. The van der Waals surface area contributed by atoms with Gasteiger partial charge in [0.15, 0.2) is 0 Å². The molecule has 1 aromatic heterocycles. The molecule has 4 N–H and O–H groups in total. The van der Waals surface area contributed by atoms with Gasteiger partial charge in [0, 0.05) is 32.9 Å². The Balaban J connectivity index is 1.94. The van der Waals surface area contributed by atoms with Gasteiger partial charge in [0.25, 0.3) is 0 Å². The first-order chi connectivity index (χ1) is 12.2. The zero-order chi connectivity index (χ0) is 18.9. The van der Waals surface area contributed by atoms with E-state index in [1.165, 1.54) is 12.1 Å². The maximum Gasteiger partial charge on any atom is 0.416 e. The first kappa shape index (κ1) is 18.2. The summed E-state index contributed by atoms with van der Waals surface area (Å²) in [4.78, 5) is 14.3. The van der Waals surface area contributed by atoms with Crippen LogP contribution in [-0.2, 0) is 28.3 Å². The maximum absolute atomic E-state index is 12.6. The summed E-state index contributed by atoms with van der Waals surface area (Å²) >= 11 is 0. The summed E-state index contributed by atoms with van der Waals surface area (Å²) in [6, 6.07) is 9.72. The van der Waals surface area contributed by atoms with Crippen LogP contribution in [0.15, 0.2) is 57.9 Å². The van der Waals surface area contributed by atoms with Crippen LogP contribution >= 0.6 is 0 Å². The van der Waals surface area contributed by atoms with Crippen LogP contribution in [0, 0.1) is 0 Å². The van der Waals surface area contributed by atoms with Crippen molar-refractivity contribution in [2.75, 3.05) is 0 Å². The summed E-state index contributed by atoms with van der Waals surface area (Å²) < 4.78 is 42.3. The SMILES string of the molecule is NS(=Nc1c[nH]c2ccc(CC(=O)O)cc12)c1ccc(C(F)(F)F)cc1. The minimum Gasteiger partial charge on any atom is -0.481 e. The standard InChI is InChI=1S/C17H14F3N3O2S/c18-17(19,20)11-2-4-12(5-3-11)26(21)23-15-9-22-14-6-1-10(7-13(14)15)8-16(24)25/h1-7,9,22H,8H2,(H2,21,23)(H,24,25). The van der Waals surface area contributed by atoms with Crippen molar-refractivity contribution >= 4 is 33.4 Å². The Kier molecular flexibility index (Phi) is 4.84. The quantitative estimate of drug-likeness (QED) is 0.633. The van der Waals surface area contributed by atoms with Gasteiger partial charge in [0.2, 0.25) is 0 Å². The van der Waals surface area contributed by atoms with Gasteiger partial charge in [-0.1, -0.05) is 6.07 Å². The first-order valence-corrected chi connectivity index (χ1v) is 8.68. The highest BCUT2D eigenvalue weighted by atomic mass is 32.2. The molecular weight excluding hydrogens is 367 g/mol. The van der Waals surface area contributed by atoms with Gasteiger partial charge >= 0.3 is 12.1 Å². The summed E-state index contributed by atoms with van der Waals surface area (Å²) in [6.07, 6.45) is -2.89. The fourth-order valence-electron chi connectivity index (χ4n) is 2.46. The number of carbonyl (C=O) groups is 1. The lowest BCUT2D eigenvalue weighted by atomic mass is 10.1. The molecule has 0 bridgehead atoms. The summed E-state index contributed by atoms with van der Waals surface area (Å²) in [7, 11) is -1.15. The zero-order valence-corrected chi connectivity index (χ0v) is 14.1. The van der Waals surface area contributed by atoms with E-state index in [2.05, 4.69) is 9.35 Å². The Morgan fingerprint density at radius 1 is 1.19 bits per heavy atom. The van der Waals surface area contributed by atoms with E-state index in [4.69, 9.17) is 10.2 Å². The van der Waals surface area contributed by atoms with Crippen LogP contribution in [0.1, 0.15) is 11.1 Å². The van der Waals surface area contributed by atoms with Crippen molar-refractivity contribution in [3.63, 3.8) is 0 Å². The number of hydrogen-bond donors (Lipinski definition) is 3. The molecule has 1 heterocycles. The number of aliphatic carboxylic acids is 1. The van der Waals surface area contributed by atoms with Gasteiger partial charge in [-0.05, 0) is 42.0 Å². The first-order valence-electron chi connectivity index (χ1n) is 7.43. The van der Waals surface area contributed by atoms with Crippen LogP contribution in [0.3, 0.4) is 0 Å². The molecule has 3 rings (SSSR count). The van der Waals surface area contributed by atoms with Crippen LogP contribution in [0.5, 0.6) is 0 Å². The van der Waals surface area contributed by atoms with Crippen LogP contribution < -0.4 is 5.14 Å². The molecule has 0 fully saturated rings. The highest BCUT2D eigenvalue weighted by Crippen LogP contribution is 2.31. The molecule has 1 unspecified atom stereocenters. The van der Waals surface area contributed by atoms with Crippen molar-refractivity contribution in [3.05, 3.63) is 59.8 Å². The fourth-order valence-corrected chi connectivity index (χ4v) is 3.34. The molecule has 136 valence electrons. The number of nitrogens with zero attached hydrogens (tertiary/aromatic N) is 1. The average Bonchev–Trinajstić information content (AvgIpc) is 2.96. The van der Waals surface area contributed by atoms with Crippen molar-refractivity contribution in [3.8, 4) is 0 Å². The van der Waals surface area contributed by atoms with Crippen molar-refractivity contribution < 1.29 is 23.1 Å². The molecule has 2 aromatic carbocycles. The van der Waals surface area contributed by atoms with Crippen molar-refractivity contribution in [2.24, 2.45) is 9.50 Å². The lowest BCUT2D eigenvalue weighted by molar-refractivity contribution is -0.138. The van der Waals surface area contributed by atoms with Gasteiger partial charge in [0.05, 0.1) is 17.7 Å². The van der Waals surface area contributed by atoms with Crippen LogP contribution in [0.25, 0.3) is 10.9 Å². The fraction of sp³-hybridized carbons (Fsp3) is 0.118. The molecule has 0 aliphatic heterocycles. The molecule has 26 heavy (non-hydrogen) atoms.